The van der Waals surface area contributed by atoms with Gasteiger partial charge < -0.3 is 14.9 Å². The Kier molecular flexibility index (Phi) is 2.75. The molecule has 4 atom stereocenters. The van der Waals surface area contributed by atoms with Gasteiger partial charge in [-0.25, -0.2) is 0 Å². The maximum absolute atomic E-state index is 12.7. The maximum atomic E-state index is 12.7. The van der Waals surface area contributed by atoms with Crippen LogP contribution in [0.4, 0.5) is 0 Å². The Morgan fingerprint density at radius 1 is 1.31 bits per heavy atom. The molecule has 0 radical (unpaired) electrons. The molecule has 1 saturated carbocycles. The summed E-state index contributed by atoms with van der Waals surface area (Å²) in [6, 6.07) is 3.57. The first-order valence-corrected chi connectivity index (χ1v) is 9.76. The number of aromatic hydroxyl groups is 1. The van der Waals surface area contributed by atoms with Crippen LogP contribution in [0.5, 0.6) is 11.5 Å². The van der Waals surface area contributed by atoms with Crippen molar-refractivity contribution in [2.75, 3.05) is 13.1 Å². The number of ketones is 1. The van der Waals surface area contributed by atoms with Crippen LogP contribution in [0.15, 0.2) is 24.3 Å². The van der Waals surface area contributed by atoms with Crippen molar-refractivity contribution in [1.29, 1.82) is 0 Å². The molecular weight excluding hydrogens is 330 g/mol. The summed E-state index contributed by atoms with van der Waals surface area (Å²) < 4.78 is 6.01. The van der Waals surface area contributed by atoms with Crippen LogP contribution in [-0.4, -0.2) is 51.7 Å². The van der Waals surface area contributed by atoms with Crippen molar-refractivity contribution in [1.82, 2.24) is 4.90 Å². The van der Waals surface area contributed by atoms with Gasteiger partial charge in [-0.15, -0.1) is 0 Å². The Hall–Kier alpha value is -1.85. The lowest BCUT2D eigenvalue weighted by molar-refractivity contribution is -0.156. The van der Waals surface area contributed by atoms with E-state index in [-0.39, 0.29) is 17.6 Å². The number of piperidine rings is 1. The number of carbonyl (C=O) groups is 1. The van der Waals surface area contributed by atoms with Crippen LogP contribution >= 0.6 is 0 Å². The number of phenols is 1. The minimum atomic E-state index is -1.13. The molecule has 5 aliphatic rings. The van der Waals surface area contributed by atoms with Gasteiger partial charge in [0.1, 0.15) is 5.60 Å². The zero-order valence-electron chi connectivity index (χ0n) is 14.6. The van der Waals surface area contributed by atoms with E-state index >= 15 is 0 Å². The Balaban J connectivity index is 1.55. The van der Waals surface area contributed by atoms with E-state index in [0.717, 1.165) is 36.6 Å². The molecule has 5 nitrogen and oxygen atoms in total. The summed E-state index contributed by atoms with van der Waals surface area (Å²) in [4.78, 5) is 15.1. The Labute approximate surface area is 152 Å². The van der Waals surface area contributed by atoms with Crippen LogP contribution in [0.3, 0.4) is 0 Å². The van der Waals surface area contributed by atoms with Crippen LogP contribution < -0.4 is 4.74 Å². The molecular formula is C21H23NO4. The molecule has 26 heavy (non-hydrogen) atoms. The van der Waals surface area contributed by atoms with Gasteiger partial charge in [-0.05, 0) is 61.9 Å². The first-order valence-electron chi connectivity index (χ1n) is 9.76. The number of phenolic OH excluding ortho intramolecular Hbond substituents is 1. The van der Waals surface area contributed by atoms with E-state index in [0.29, 0.717) is 12.2 Å². The van der Waals surface area contributed by atoms with Gasteiger partial charge in [0.25, 0.3) is 0 Å². The number of nitrogens with zero attached hydrogens (tertiary/aromatic N) is 1. The standard InChI is InChI=1S/C21H23NO4/c23-14-5-4-13-10-16-21(25)7-6-15(24)19-20(21,17(13)18(14)26-19)8-9-22(16)11-12-2-1-3-12/h4-7,12,16,19,23,25H,1-3,8-11H2/t16-,19+,20+,21-/m1/s1. The molecule has 2 aliphatic heterocycles. The highest BCUT2D eigenvalue weighted by molar-refractivity contribution is 5.99. The second-order valence-electron chi connectivity index (χ2n) is 8.74. The average molecular weight is 353 g/mol. The van der Waals surface area contributed by atoms with Crippen LogP contribution in [-0.2, 0) is 16.6 Å². The SMILES string of the molecule is O=C1C=C[C@@]2(O)[C@H]3Cc4ccc(O)c5c4[C@@]2(CCN3CC2CCC2)[C@H]1O5. The van der Waals surface area contributed by atoms with Crippen molar-refractivity contribution in [3.8, 4) is 11.5 Å². The molecule has 1 spiro atoms. The zero-order chi connectivity index (χ0) is 17.7. The smallest absolute Gasteiger partial charge is 0.196 e. The first-order chi connectivity index (χ1) is 12.5. The molecule has 6 rings (SSSR count). The van der Waals surface area contributed by atoms with E-state index in [1.165, 1.54) is 25.3 Å². The van der Waals surface area contributed by atoms with Crippen molar-refractivity contribution >= 4 is 5.78 Å². The van der Waals surface area contributed by atoms with Gasteiger partial charge in [-0.1, -0.05) is 12.5 Å². The molecule has 0 amide bonds. The average Bonchev–Trinajstić information content (AvgIpc) is 2.93. The molecule has 0 aromatic heterocycles. The maximum Gasteiger partial charge on any atom is 0.196 e. The minimum absolute atomic E-state index is 0.0460. The summed E-state index contributed by atoms with van der Waals surface area (Å²) in [5, 5.41) is 22.3. The number of hydrogen-bond acceptors (Lipinski definition) is 5. The number of rotatable bonds is 2. The summed E-state index contributed by atoms with van der Waals surface area (Å²) in [5.74, 6) is 1.10. The van der Waals surface area contributed by atoms with Crippen molar-refractivity contribution in [3.05, 3.63) is 35.4 Å². The lowest BCUT2D eigenvalue weighted by Gasteiger charge is -2.61. The quantitative estimate of drug-likeness (QED) is 0.847. The van der Waals surface area contributed by atoms with Gasteiger partial charge in [0, 0.05) is 18.2 Å². The lowest BCUT2D eigenvalue weighted by Crippen LogP contribution is -2.75. The molecule has 2 N–H and O–H groups in total. The highest BCUT2D eigenvalue weighted by Crippen LogP contribution is 2.63. The number of hydrogen-bond donors (Lipinski definition) is 2. The summed E-state index contributed by atoms with van der Waals surface area (Å²) in [6.45, 7) is 1.88. The van der Waals surface area contributed by atoms with Crippen molar-refractivity contribution < 1.29 is 19.7 Å². The monoisotopic (exact) mass is 353 g/mol. The van der Waals surface area contributed by atoms with Crippen LogP contribution in [0.1, 0.15) is 36.8 Å². The van der Waals surface area contributed by atoms with E-state index < -0.39 is 17.1 Å². The van der Waals surface area contributed by atoms with Crippen molar-refractivity contribution in [3.63, 3.8) is 0 Å². The van der Waals surface area contributed by atoms with Gasteiger partial charge in [0.15, 0.2) is 23.4 Å². The molecule has 136 valence electrons. The predicted molar refractivity (Wildman–Crippen MR) is 94.3 cm³/mol. The fraction of sp³-hybridized carbons (Fsp3) is 0.571. The third-order valence-electron chi connectivity index (χ3n) is 7.70. The number of aliphatic hydroxyl groups is 1. The summed E-state index contributed by atoms with van der Waals surface area (Å²) in [6.07, 6.45) is 7.77. The summed E-state index contributed by atoms with van der Waals surface area (Å²) in [7, 11) is 0. The topological polar surface area (TPSA) is 70.0 Å². The Morgan fingerprint density at radius 3 is 2.92 bits per heavy atom. The first kappa shape index (κ1) is 15.2. The van der Waals surface area contributed by atoms with Gasteiger partial charge in [-0.3, -0.25) is 9.69 Å². The third-order valence-corrected chi connectivity index (χ3v) is 7.70. The normalized spacial score (nSPS) is 40.1. The van der Waals surface area contributed by atoms with Crippen molar-refractivity contribution in [2.24, 2.45) is 5.92 Å². The second kappa shape index (κ2) is 4.70. The highest BCUT2D eigenvalue weighted by Gasteiger charge is 2.72. The van der Waals surface area contributed by atoms with Crippen molar-refractivity contribution in [2.45, 2.75) is 55.3 Å². The van der Waals surface area contributed by atoms with Gasteiger partial charge in [-0.2, -0.15) is 0 Å². The zero-order valence-corrected chi connectivity index (χ0v) is 14.6. The van der Waals surface area contributed by atoms with E-state index in [1.807, 2.05) is 6.07 Å². The fourth-order valence-corrected chi connectivity index (χ4v) is 6.23. The van der Waals surface area contributed by atoms with E-state index in [4.69, 9.17) is 4.74 Å². The third kappa shape index (κ3) is 1.54. The minimum Gasteiger partial charge on any atom is -0.504 e. The highest BCUT2D eigenvalue weighted by atomic mass is 16.5. The van der Waals surface area contributed by atoms with Gasteiger partial charge in [0.05, 0.1) is 5.41 Å². The summed E-state index contributed by atoms with van der Waals surface area (Å²) in [5.41, 5.74) is 0.0968. The summed E-state index contributed by atoms with van der Waals surface area (Å²) >= 11 is 0. The second-order valence-corrected chi connectivity index (χ2v) is 8.74. The fourth-order valence-electron chi connectivity index (χ4n) is 6.23. The van der Waals surface area contributed by atoms with Gasteiger partial charge >= 0.3 is 0 Å². The molecule has 0 unspecified atom stereocenters. The number of carbonyl (C=O) groups excluding carboxylic acids is 1. The van der Waals surface area contributed by atoms with Crippen LogP contribution in [0, 0.1) is 5.92 Å². The van der Waals surface area contributed by atoms with E-state index in [1.54, 1.807) is 12.1 Å². The Bertz CT molecular complexity index is 860. The van der Waals surface area contributed by atoms with Gasteiger partial charge in [0.2, 0.25) is 0 Å². The molecule has 5 heteroatoms. The molecule has 2 bridgehead atoms. The molecule has 1 aromatic carbocycles. The predicted octanol–water partition coefficient (Wildman–Crippen LogP) is 1.69. The molecule has 1 aromatic rings. The number of likely N-dealkylation sites (tertiary alicyclic amines) is 1. The molecule has 1 saturated heterocycles. The van der Waals surface area contributed by atoms with E-state index in [9.17, 15) is 15.0 Å². The van der Waals surface area contributed by atoms with E-state index in [2.05, 4.69) is 4.90 Å². The number of benzene rings is 1. The molecule has 2 fully saturated rings. The molecule has 2 heterocycles. The van der Waals surface area contributed by atoms with Crippen LogP contribution in [0.25, 0.3) is 0 Å². The lowest BCUT2D eigenvalue weighted by atomic mass is 9.50. The Morgan fingerprint density at radius 2 is 2.15 bits per heavy atom. The molecule has 3 aliphatic carbocycles. The number of ether oxygens (including phenoxy) is 1. The largest absolute Gasteiger partial charge is 0.504 e. The van der Waals surface area contributed by atoms with Crippen LogP contribution in [0.2, 0.25) is 0 Å².